The molecule has 17 heavy (non-hydrogen) atoms. The molecule has 0 radical (unpaired) electrons. The van der Waals surface area contributed by atoms with E-state index >= 15 is 0 Å². The summed E-state index contributed by atoms with van der Waals surface area (Å²) >= 11 is 0. The van der Waals surface area contributed by atoms with E-state index in [0.717, 1.165) is 0 Å². The van der Waals surface area contributed by atoms with Crippen LogP contribution in [0.4, 0.5) is 0 Å². The van der Waals surface area contributed by atoms with Crippen LogP contribution in [0.25, 0.3) is 0 Å². The van der Waals surface area contributed by atoms with Gasteiger partial charge in [0.1, 0.15) is 0 Å². The molecule has 2 aliphatic rings. The number of carbonyl (C=O) groups excluding carboxylic acids is 3. The van der Waals surface area contributed by atoms with Gasteiger partial charge in [0.25, 0.3) is 0 Å². The molecule has 0 aromatic carbocycles. The second kappa shape index (κ2) is 4.44. The minimum absolute atomic E-state index is 0.0132. The van der Waals surface area contributed by atoms with Crippen LogP contribution in [-0.2, 0) is 14.4 Å². The molecule has 0 spiro atoms. The van der Waals surface area contributed by atoms with E-state index in [4.69, 9.17) is 0 Å². The highest BCUT2D eigenvalue weighted by molar-refractivity contribution is 6.05. The van der Waals surface area contributed by atoms with Crippen LogP contribution in [0.2, 0.25) is 0 Å². The minimum atomic E-state index is -0.331. The van der Waals surface area contributed by atoms with Gasteiger partial charge in [0.15, 0.2) is 0 Å². The predicted octanol–water partition coefficient (Wildman–Crippen LogP) is -1.33. The van der Waals surface area contributed by atoms with Gasteiger partial charge < -0.3 is 10.2 Å². The molecular formula is C11H17N3O3. The lowest BCUT2D eigenvalue weighted by atomic mass is 9.88. The monoisotopic (exact) mass is 239 g/mol. The van der Waals surface area contributed by atoms with E-state index < -0.39 is 0 Å². The van der Waals surface area contributed by atoms with Crippen LogP contribution in [0.5, 0.6) is 0 Å². The molecule has 0 unspecified atom stereocenters. The summed E-state index contributed by atoms with van der Waals surface area (Å²) in [6.45, 7) is 1.21. The molecule has 0 bridgehead atoms. The maximum atomic E-state index is 11.8. The second-order valence-electron chi connectivity index (χ2n) is 4.61. The van der Waals surface area contributed by atoms with Crippen LogP contribution in [0.1, 0.15) is 6.42 Å². The van der Waals surface area contributed by atoms with Crippen molar-refractivity contribution in [3.63, 3.8) is 0 Å². The zero-order chi connectivity index (χ0) is 12.6. The zero-order valence-corrected chi connectivity index (χ0v) is 10.1. The third-order valence-electron chi connectivity index (χ3n) is 3.59. The Morgan fingerprint density at radius 2 is 2.00 bits per heavy atom. The van der Waals surface area contributed by atoms with Gasteiger partial charge in [0, 0.05) is 20.1 Å². The molecule has 2 aliphatic heterocycles. The number of nitrogens with zero attached hydrogens (tertiary/aromatic N) is 2. The third kappa shape index (κ3) is 1.93. The quantitative estimate of drug-likeness (QED) is 0.606. The number of fused-ring (bicyclic) bond motifs is 1. The Bertz CT molecular complexity index is 369. The molecule has 0 saturated carbocycles. The van der Waals surface area contributed by atoms with E-state index in [2.05, 4.69) is 5.32 Å². The van der Waals surface area contributed by atoms with Crippen LogP contribution in [0, 0.1) is 11.8 Å². The number of piperidine rings is 1. The zero-order valence-electron chi connectivity index (χ0n) is 10.1. The van der Waals surface area contributed by atoms with E-state index in [1.165, 1.54) is 11.9 Å². The Kier molecular flexibility index (Phi) is 3.15. The van der Waals surface area contributed by atoms with Crippen molar-refractivity contribution in [1.29, 1.82) is 0 Å². The van der Waals surface area contributed by atoms with E-state index in [9.17, 15) is 14.4 Å². The van der Waals surface area contributed by atoms with Gasteiger partial charge in [-0.1, -0.05) is 0 Å². The Labute approximate surface area is 99.9 Å². The highest BCUT2D eigenvalue weighted by Crippen LogP contribution is 2.32. The van der Waals surface area contributed by atoms with Gasteiger partial charge in [-0.15, -0.1) is 0 Å². The maximum Gasteiger partial charge on any atom is 0.236 e. The standard InChI is InChI=1S/C11H17N3O3/c1-12-5-9(15)14-4-3-7-8(6-14)11(17)13(2)10(7)16/h7-8,12H,3-6H2,1-2H3/t7-,8-/m1/s1. The number of likely N-dealkylation sites (tertiary alicyclic amines) is 2. The fourth-order valence-electron chi connectivity index (χ4n) is 2.59. The van der Waals surface area contributed by atoms with Gasteiger partial charge >= 0.3 is 0 Å². The fraction of sp³-hybridized carbons (Fsp3) is 0.727. The maximum absolute atomic E-state index is 11.8. The number of nitrogens with one attached hydrogen (secondary N) is 1. The normalized spacial score (nSPS) is 28.6. The van der Waals surface area contributed by atoms with Crippen molar-refractivity contribution >= 4 is 17.7 Å². The molecule has 2 heterocycles. The van der Waals surface area contributed by atoms with Crippen LogP contribution in [0.15, 0.2) is 0 Å². The van der Waals surface area contributed by atoms with E-state index in [1.54, 1.807) is 11.9 Å². The SMILES string of the molecule is CNCC(=O)N1CC[C@H]2C(=O)N(C)C(=O)[C@@H]2C1. The average molecular weight is 239 g/mol. The predicted molar refractivity (Wildman–Crippen MR) is 59.9 cm³/mol. The van der Waals surface area contributed by atoms with Gasteiger partial charge in [0.2, 0.25) is 17.7 Å². The highest BCUT2D eigenvalue weighted by atomic mass is 16.2. The molecule has 2 atom stereocenters. The topological polar surface area (TPSA) is 69.7 Å². The van der Waals surface area contributed by atoms with Gasteiger partial charge in [0.05, 0.1) is 18.4 Å². The van der Waals surface area contributed by atoms with Crippen molar-refractivity contribution in [3.05, 3.63) is 0 Å². The molecule has 2 fully saturated rings. The van der Waals surface area contributed by atoms with Crippen LogP contribution >= 0.6 is 0 Å². The molecule has 6 nitrogen and oxygen atoms in total. The van der Waals surface area contributed by atoms with E-state index in [-0.39, 0.29) is 36.1 Å². The second-order valence-corrected chi connectivity index (χ2v) is 4.61. The van der Waals surface area contributed by atoms with E-state index in [0.29, 0.717) is 19.5 Å². The minimum Gasteiger partial charge on any atom is -0.341 e. The van der Waals surface area contributed by atoms with Crippen molar-refractivity contribution in [3.8, 4) is 0 Å². The van der Waals surface area contributed by atoms with Crippen molar-refractivity contribution in [2.75, 3.05) is 33.7 Å². The molecular weight excluding hydrogens is 222 g/mol. The Hall–Kier alpha value is -1.43. The summed E-state index contributed by atoms with van der Waals surface area (Å²) in [4.78, 5) is 38.1. The highest BCUT2D eigenvalue weighted by Gasteiger charge is 2.48. The first-order chi connectivity index (χ1) is 8.06. The number of carbonyl (C=O) groups is 3. The molecule has 0 aromatic rings. The molecule has 2 saturated heterocycles. The lowest BCUT2D eigenvalue weighted by Crippen LogP contribution is -2.47. The molecule has 2 rings (SSSR count). The van der Waals surface area contributed by atoms with Crippen LogP contribution in [0.3, 0.4) is 0 Å². The largest absolute Gasteiger partial charge is 0.341 e. The lowest BCUT2D eigenvalue weighted by Gasteiger charge is -2.32. The Balaban J connectivity index is 2.07. The van der Waals surface area contributed by atoms with Crippen molar-refractivity contribution in [1.82, 2.24) is 15.1 Å². The van der Waals surface area contributed by atoms with Gasteiger partial charge in [-0.25, -0.2) is 0 Å². The van der Waals surface area contributed by atoms with Crippen molar-refractivity contribution in [2.45, 2.75) is 6.42 Å². The first-order valence-corrected chi connectivity index (χ1v) is 5.80. The number of rotatable bonds is 2. The molecule has 1 N–H and O–H groups in total. The summed E-state index contributed by atoms with van der Waals surface area (Å²) in [7, 11) is 3.23. The average Bonchev–Trinajstić information content (AvgIpc) is 2.55. The molecule has 94 valence electrons. The molecule has 0 aliphatic carbocycles. The van der Waals surface area contributed by atoms with Gasteiger partial charge in [-0.3, -0.25) is 19.3 Å². The van der Waals surface area contributed by atoms with Crippen molar-refractivity contribution in [2.24, 2.45) is 11.8 Å². The smallest absolute Gasteiger partial charge is 0.236 e. The van der Waals surface area contributed by atoms with Crippen LogP contribution in [-0.4, -0.2) is 61.3 Å². The molecule has 0 aromatic heterocycles. The van der Waals surface area contributed by atoms with Crippen molar-refractivity contribution < 1.29 is 14.4 Å². The van der Waals surface area contributed by atoms with Crippen LogP contribution < -0.4 is 5.32 Å². The first kappa shape index (κ1) is 12.0. The summed E-state index contributed by atoms with van der Waals surface area (Å²) in [5, 5.41) is 2.80. The fourth-order valence-corrected chi connectivity index (χ4v) is 2.59. The number of hydrogen-bond donors (Lipinski definition) is 1. The molecule has 6 heteroatoms. The Morgan fingerprint density at radius 1 is 1.35 bits per heavy atom. The van der Waals surface area contributed by atoms with Gasteiger partial charge in [-0.05, 0) is 13.5 Å². The van der Waals surface area contributed by atoms with E-state index in [1.807, 2.05) is 0 Å². The third-order valence-corrected chi connectivity index (χ3v) is 3.59. The summed E-state index contributed by atoms with van der Waals surface area (Å²) < 4.78 is 0. The number of amides is 3. The summed E-state index contributed by atoms with van der Waals surface area (Å²) in [5.74, 6) is -0.809. The van der Waals surface area contributed by atoms with Gasteiger partial charge in [-0.2, -0.15) is 0 Å². The number of imide groups is 1. The Morgan fingerprint density at radius 3 is 2.65 bits per heavy atom. The lowest BCUT2D eigenvalue weighted by molar-refractivity contribution is -0.138. The summed E-state index contributed by atoms with van der Waals surface area (Å²) in [6.07, 6.45) is 0.592. The first-order valence-electron chi connectivity index (χ1n) is 5.80. The molecule has 3 amide bonds. The number of likely N-dealkylation sites (N-methyl/N-ethyl adjacent to an activating group) is 1. The number of hydrogen-bond acceptors (Lipinski definition) is 4. The summed E-state index contributed by atoms with van der Waals surface area (Å²) in [5.41, 5.74) is 0. The summed E-state index contributed by atoms with van der Waals surface area (Å²) in [6, 6.07) is 0.